The maximum atomic E-state index is 13.2. The van der Waals surface area contributed by atoms with Gasteiger partial charge in [0.15, 0.2) is 16.4 Å². The molecule has 164 valence electrons. The Hall–Kier alpha value is -2.87. The Kier molecular flexibility index (Phi) is 5.75. The number of sulfone groups is 1. The van der Waals surface area contributed by atoms with Crippen LogP contribution in [0.2, 0.25) is 0 Å². The van der Waals surface area contributed by atoms with Crippen LogP contribution in [0.1, 0.15) is 42.9 Å². The average Bonchev–Trinajstić information content (AvgIpc) is 2.73. The summed E-state index contributed by atoms with van der Waals surface area (Å²) in [4.78, 5) is 24.3. The standard InChI is InChI=1S/C23H26N2O5S/c1-14-10-19-20(30-13-23(27)25-19)12-21(14)31(28,29)15(2)11-22(26)24-18-9-5-7-16-6-3-4-8-17(16)18/h5,7,9-10,12,15H,3-4,6,8,11,13H2,1-2H3,(H,24,26)(H,25,27)/t15-/m1/s1. The zero-order valence-corrected chi connectivity index (χ0v) is 18.5. The Balaban J connectivity index is 1.51. The summed E-state index contributed by atoms with van der Waals surface area (Å²) in [6, 6.07) is 8.90. The average molecular weight is 443 g/mol. The van der Waals surface area contributed by atoms with E-state index in [-0.39, 0.29) is 29.7 Å². The van der Waals surface area contributed by atoms with Crippen molar-refractivity contribution in [2.24, 2.45) is 0 Å². The zero-order valence-electron chi connectivity index (χ0n) is 17.7. The summed E-state index contributed by atoms with van der Waals surface area (Å²) >= 11 is 0. The summed E-state index contributed by atoms with van der Waals surface area (Å²) in [5, 5.41) is 4.67. The lowest BCUT2D eigenvalue weighted by atomic mass is 9.90. The molecule has 0 bridgehead atoms. The number of benzene rings is 2. The first-order valence-electron chi connectivity index (χ1n) is 10.5. The van der Waals surface area contributed by atoms with E-state index in [1.54, 1.807) is 13.0 Å². The van der Waals surface area contributed by atoms with E-state index >= 15 is 0 Å². The molecule has 0 saturated heterocycles. The molecule has 0 saturated carbocycles. The molecule has 0 unspecified atom stereocenters. The Morgan fingerprint density at radius 1 is 1.23 bits per heavy atom. The minimum absolute atomic E-state index is 0.111. The number of aryl methyl sites for hydroxylation is 2. The molecular weight excluding hydrogens is 416 g/mol. The number of carbonyl (C=O) groups is 2. The molecule has 4 rings (SSSR count). The van der Waals surface area contributed by atoms with Crippen molar-refractivity contribution in [3.8, 4) is 5.75 Å². The highest BCUT2D eigenvalue weighted by Crippen LogP contribution is 2.35. The van der Waals surface area contributed by atoms with E-state index in [9.17, 15) is 18.0 Å². The minimum Gasteiger partial charge on any atom is -0.482 e. The van der Waals surface area contributed by atoms with Crippen molar-refractivity contribution < 1.29 is 22.7 Å². The van der Waals surface area contributed by atoms with Crippen molar-refractivity contribution in [2.45, 2.75) is 56.1 Å². The van der Waals surface area contributed by atoms with Crippen LogP contribution < -0.4 is 15.4 Å². The number of rotatable bonds is 5. The van der Waals surface area contributed by atoms with Crippen molar-refractivity contribution in [3.63, 3.8) is 0 Å². The van der Waals surface area contributed by atoms with Crippen LogP contribution in [0.5, 0.6) is 5.75 Å². The smallest absolute Gasteiger partial charge is 0.262 e. The molecule has 2 aromatic rings. The molecule has 1 heterocycles. The number of carbonyl (C=O) groups excluding carboxylic acids is 2. The molecule has 2 N–H and O–H groups in total. The Labute approximate surface area is 182 Å². The van der Waals surface area contributed by atoms with Crippen LogP contribution >= 0.6 is 0 Å². The first-order valence-corrected chi connectivity index (χ1v) is 12.0. The monoisotopic (exact) mass is 442 g/mol. The number of nitrogens with one attached hydrogen (secondary N) is 2. The summed E-state index contributed by atoms with van der Waals surface area (Å²) in [6.07, 6.45) is 4.01. The van der Waals surface area contributed by atoms with E-state index < -0.39 is 15.1 Å². The van der Waals surface area contributed by atoms with Gasteiger partial charge in [0.2, 0.25) is 5.91 Å². The predicted molar refractivity (Wildman–Crippen MR) is 118 cm³/mol. The van der Waals surface area contributed by atoms with Gasteiger partial charge in [-0.3, -0.25) is 9.59 Å². The molecule has 0 fully saturated rings. The molecular formula is C23H26N2O5S. The van der Waals surface area contributed by atoms with Crippen LogP contribution in [0.4, 0.5) is 11.4 Å². The van der Waals surface area contributed by atoms with Crippen LogP contribution in [0, 0.1) is 6.92 Å². The lowest BCUT2D eigenvalue weighted by Crippen LogP contribution is -2.28. The van der Waals surface area contributed by atoms with E-state index in [1.165, 1.54) is 18.6 Å². The Morgan fingerprint density at radius 3 is 2.81 bits per heavy atom. The normalized spacial score (nSPS) is 16.4. The van der Waals surface area contributed by atoms with Gasteiger partial charge in [-0.25, -0.2) is 8.42 Å². The van der Waals surface area contributed by atoms with Crippen molar-refractivity contribution in [2.75, 3.05) is 17.2 Å². The summed E-state index contributed by atoms with van der Waals surface area (Å²) in [5.74, 6) is -0.291. The van der Waals surface area contributed by atoms with Crippen molar-refractivity contribution in [1.29, 1.82) is 0 Å². The van der Waals surface area contributed by atoms with Gasteiger partial charge in [0.25, 0.3) is 5.91 Å². The van der Waals surface area contributed by atoms with Crippen LogP contribution in [-0.4, -0.2) is 32.1 Å². The second kappa shape index (κ2) is 8.34. The fraction of sp³-hybridized carbons (Fsp3) is 0.391. The molecule has 1 aliphatic carbocycles. The maximum Gasteiger partial charge on any atom is 0.262 e. The van der Waals surface area contributed by atoms with Crippen LogP contribution in [0.15, 0.2) is 35.2 Å². The van der Waals surface area contributed by atoms with Gasteiger partial charge in [0.05, 0.1) is 15.8 Å². The first-order chi connectivity index (χ1) is 14.8. The van der Waals surface area contributed by atoms with Gasteiger partial charge < -0.3 is 15.4 Å². The number of amides is 2. The van der Waals surface area contributed by atoms with Crippen molar-refractivity contribution in [3.05, 3.63) is 47.0 Å². The van der Waals surface area contributed by atoms with Crippen LogP contribution in [-0.2, 0) is 32.3 Å². The van der Waals surface area contributed by atoms with Crippen molar-refractivity contribution in [1.82, 2.24) is 0 Å². The number of hydrogen-bond donors (Lipinski definition) is 2. The predicted octanol–water partition coefficient (Wildman–Crippen LogP) is 3.40. The SMILES string of the molecule is Cc1cc2c(cc1S(=O)(=O)[C@H](C)CC(=O)Nc1cccc3c1CCCC3)OCC(=O)N2. The summed E-state index contributed by atoms with van der Waals surface area (Å²) in [6.45, 7) is 3.04. The van der Waals surface area contributed by atoms with E-state index in [0.29, 0.717) is 17.0 Å². The molecule has 0 spiro atoms. The number of ether oxygens (including phenoxy) is 1. The molecule has 2 amide bonds. The fourth-order valence-electron chi connectivity index (χ4n) is 4.21. The van der Waals surface area contributed by atoms with E-state index in [0.717, 1.165) is 36.9 Å². The molecule has 2 aromatic carbocycles. The van der Waals surface area contributed by atoms with Gasteiger partial charge in [0.1, 0.15) is 5.75 Å². The second-order valence-electron chi connectivity index (χ2n) is 8.21. The third kappa shape index (κ3) is 4.30. The number of hydrogen-bond acceptors (Lipinski definition) is 5. The van der Waals surface area contributed by atoms with Gasteiger partial charge in [-0.1, -0.05) is 12.1 Å². The fourth-order valence-corrected chi connectivity index (χ4v) is 5.79. The first kappa shape index (κ1) is 21.4. The molecule has 2 aliphatic rings. The molecule has 8 heteroatoms. The van der Waals surface area contributed by atoms with E-state index in [4.69, 9.17) is 4.74 Å². The molecule has 31 heavy (non-hydrogen) atoms. The lowest BCUT2D eigenvalue weighted by molar-refractivity contribution is -0.118. The highest BCUT2D eigenvalue weighted by Gasteiger charge is 2.30. The summed E-state index contributed by atoms with van der Waals surface area (Å²) in [5.41, 5.74) is 4.13. The van der Waals surface area contributed by atoms with Crippen LogP contribution in [0.3, 0.4) is 0 Å². The van der Waals surface area contributed by atoms with Gasteiger partial charge in [-0.15, -0.1) is 0 Å². The van der Waals surface area contributed by atoms with E-state index in [1.807, 2.05) is 12.1 Å². The second-order valence-corrected chi connectivity index (χ2v) is 10.5. The largest absolute Gasteiger partial charge is 0.482 e. The number of fused-ring (bicyclic) bond motifs is 2. The van der Waals surface area contributed by atoms with E-state index in [2.05, 4.69) is 16.7 Å². The number of anilines is 2. The Bertz CT molecular complexity index is 1160. The Morgan fingerprint density at radius 2 is 2.00 bits per heavy atom. The summed E-state index contributed by atoms with van der Waals surface area (Å²) in [7, 11) is -3.77. The summed E-state index contributed by atoms with van der Waals surface area (Å²) < 4.78 is 31.8. The van der Waals surface area contributed by atoms with Gasteiger partial charge >= 0.3 is 0 Å². The highest BCUT2D eigenvalue weighted by molar-refractivity contribution is 7.92. The third-order valence-corrected chi connectivity index (χ3v) is 8.17. The van der Waals surface area contributed by atoms with Gasteiger partial charge in [-0.05, 0) is 68.4 Å². The van der Waals surface area contributed by atoms with Crippen molar-refractivity contribution >= 4 is 33.0 Å². The molecule has 7 nitrogen and oxygen atoms in total. The minimum atomic E-state index is -3.77. The molecule has 0 radical (unpaired) electrons. The van der Waals surface area contributed by atoms with Gasteiger partial charge in [0, 0.05) is 18.2 Å². The van der Waals surface area contributed by atoms with Gasteiger partial charge in [-0.2, -0.15) is 0 Å². The topological polar surface area (TPSA) is 102 Å². The molecule has 1 atom stereocenters. The maximum absolute atomic E-state index is 13.2. The third-order valence-electron chi connectivity index (χ3n) is 5.89. The lowest BCUT2D eigenvalue weighted by Gasteiger charge is -2.22. The quantitative estimate of drug-likeness (QED) is 0.739. The highest BCUT2D eigenvalue weighted by atomic mass is 32.2. The molecule has 1 aliphatic heterocycles. The molecule has 0 aromatic heterocycles. The zero-order chi connectivity index (χ0) is 22.2. The van der Waals surface area contributed by atoms with Crippen LogP contribution in [0.25, 0.3) is 0 Å².